The van der Waals surface area contributed by atoms with Crippen LogP contribution in [0.2, 0.25) is 0 Å². The molecule has 4 heteroatoms. The molecule has 1 aliphatic heterocycles. The summed E-state index contributed by atoms with van der Waals surface area (Å²) in [5.41, 5.74) is -0.500. The maximum absolute atomic E-state index is 9.15. The van der Waals surface area contributed by atoms with Gasteiger partial charge in [0.1, 0.15) is 5.54 Å². The zero-order chi connectivity index (χ0) is 10.4. The molecule has 0 N–H and O–H groups in total. The summed E-state index contributed by atoms with van der Waals surface area (Å²) in [7, 11) is 0. The molecule has 1 heterocycles. The van der Waals surface area contributed by atoms with Gasteiger partial charge in [0.2, 0.25) is 0 Å². The lowest BCUT2D eigenvalue weighted by Gasteiger charge is -2.37. The topological polar surface area (TPSA) is 45.5 Å². The second kappa shape index (κ2) is 5.30. The van der Waals surface area contributed by atoms with Crippen LogP contribution in [-0.4, -0.2) is 50.0 Å². The number of ether oxygens (including phenoxy) is 2. The summed E-state index contributed by atoms with van der Waals surface area (Å²) < 4.78 is 10.6. The van der Waals surface area contributed by atoms with Crippen LogP contribution in [0.4, 0.5) is 0 Å². The summed E-state index contributed by atoms with van der Waals surface area (Å²) in [5.74, 6) is 0. The molecule has 1 rings (SSSR count). The van der Waals surface area contributed by atoms with Crippen LogP contribution in [0.15, 0.2) is 0 Å². The minimum atomic E-state index is -0.500. The van der Waals surface area contributed by atoms with Crippen LogP contribution in [0, 0.1) is 11.3 Å². The summed E-state index contributed by atoms with van der Waals surface area (Å²) in [6.45, 7) is 8.05. The molecule has 14 heavy (non-hydrogen) atoms. The van der Waals surface area contributed by atoms with Crippen LogP contribution in [-0.2, 0) is 9.47 Å². The van der Waals surface area contributed by atoms with Crippen LogP contribution >= 0.6 is 0 Å². The Morgan fingerprint density at radius 2 is 2.14 bits per heavy atom. The van der Waals surface area contributed by atoms with Crippen LogP contribution in [0.1, 0.15) is 13.8 Å². The van der Waals surface area contributed by atoms with E-state index in [2.05, 4.69) is 11.0 Å². The Balaban J connectivity index is 2.53. The van der Waals surface area contributed by atoms with E-state index in [0.29, 0.717) is 26.4 Å². The van der Waals surface area contributed by atoms with Crippen molar-refractivity contribution < 1.29 is 9.47 Å². The number of morpholine rings is 1. The standard InChI is InChI=1S/C10H18N2O2/c1-3-13-9-10(2,8-11)12-4-6-14-7-5-12/h3-7,9H2,1-2H3. The van der Waals surface area contributed by atoms with E-state index in [-0.39, 0.29) is 0 Å². The Hall–Kier alpha value is -0.630. The lowest BCUT2D eigenvalue weighted by atomic mass is 10.0. The third kappa shape index (κ3) is 2.68. The molecule has 80 valence electrons. The first kappa shape index (κ1) is 11.4. The molecule has 0 spiro atoms. The van der Waals surface area contributed by atoms with Crippen molar-refractivity contribution in [2.24, 2.45) is 0 Å². The van der Waals surface area contributed by atoms with Gasteiger partial charge in [-0.25, -0.2) is 0 Å². The molecule has 0 aromatic rings. The van der Waals surface area contributed by atoms with Crippen LogP contribution in [0.3, 0.4) is 0 Å². The van der Waals surface area contributed by atoms with Gasteiger partial charge in [-0.3, -0.25) is 4.90 Å². The van der Waals surface area contributed by atoms with Crippen molar-refractivity contribution in [3.8, 4) is 6.07 Å². The van der Waals surface area contributed by atoms with Crippen LogP contribution in [0.25, 0.3) is 0 Å². The van der Waals surface area contributed by atoms with Gasteiger partial charge in [0.05, 0.1) is 25.9 Å². The van der Waals surface area contributed by atoms with E-state index in [1.54, 1.807) is 0 Å². The minimum Gasteiger partial charge on any atom is -0.379 e. The van der Waals surface area contributed by atoms with E-state index < -0.39 is 5.54 Å². The average Bonchev–Trinajstić information content (AvgIpc) is 2.27. The Kier molecular flexibility index (Phi) is 4.33. The predicted octanol–water partition coefficient (Wildman–Crippen LogP) is 0.637. The van der Waals surface area contributed by atoms with Crippen molar-refractivity contribution in [1.82, 2.24) is 4.90 Å². The SMILES string of the molecule is CCOCC(C)(C#N)N1CCOCC1. The van der Waals surface area contributed by atoms with Crippen molar-refractivity contribution in [2.75, 3.05) is 39.5 Å². The molecular formula is C10H18N2O2. The highest BCUT2D eigenvalue weighted by atomic mass is 16.5. The highest BCUT2D eigenvalue weighted by molar-refractivity contribution is 5.05. The van der Waals surface area contributed by atoms with E-state index in [1.165, 1.54) is 0 Å². The van der Waals surface area contributed by atoms with Crippen LogP contribution in [0.5, 0.6) is 0 Å². The fraction of sp³-hybridized carbons (Fsp3) is 0.900. The minimum absolute atomic E-state index is 0.472. The molecule has 0 aliphatic carbocycles. The molecule has 0 saturated carbocycles. The van der Waals surface area contributed by atoms with Gasteiger partial charge in [0.15, 0.2) is 0 Å². The van der Waals surface area contributed by atoms with Gasteiger partial charge < -0.3 is 9.47 Å². The van der Waals surface area contributed by atoms with Crippen molar-refractivity contribution >= 4 is 0 Å². The summed E-state index contributed by atoms with van der Waals surface area (Å²) in [4.78, 5) is 2.13. The number of hydrogen-bond donors (Lipinski definition) is 0. The number of nitrogens with zero attached hydrogens (tertiary/aromatic N) is 2. The van der Waals surface area contributed by atoms with Gasteiger partial charge in [-0.05, 0) is 13.8 Å². The highest BCUT2D eigenvalue weighted by Crippen LogP contribution is 2.16. The molecule has 0 bridgehead atoms. The summed E-state index contributed by atoms with van der Waals surface area (Å²) >= 11 is 0. The van der Waals surface area contributed by atoms with Gasteiger partial charge in [0, 0.05) is 19.7 Å². The monoisotopic (exact) mass is 198 g/mol. The van der Waals surface area contributed by atoms with Crippen molar-refractivity contribution in [3.63, 3.8) is 0 Å². The summed E-state index contributed by atoms with van der Waals surface area (Å²) in [5, 5.41) is 9.15. The molecular weight excluding hydrogens is 180 g/mol. The summed E-state index contributed by atoms with van der Waals surface area (Å²) in [6.07, 6.45) is 0. The van der Waals surface area contributed by atoms with Gasteiger partial charge >= 0.3 is 0 Å². The zero-order valence-corrected chi connectivity index (χ0v) is 8.95. The first-order valence-electron chi connectivity index (χ1n) is 5.05. The molecule has 0 aromatic carbocycles. The maximum Gasteiger partial charge on any atom is 0.130 e. The normalized spacial score (nSPS) is 22.6. The lowest BCUT2D eigenvalue weighted by molar-refractivity contribution is -0.0284. The molecule has 0 amide bonds. The fourth-order valence-electron chi connectivity index (χ4n) is 1.55. The predicted molar refractivity (Wildman–Crippen MR) is 52.9 cm³/mol. The van der Waals surface area contributed by atoms with Crippen LogP contribution < -0.4 is 0 Å². The van der Waals surface area contributed by atoms with Gasteiger partial charge in [-0.15, -0.1) is 0 Å². The van der Waals surface area contributed by atoms with Gasteiger partial charge in [-0.1, -0.05) is 0 Å². The Bertz CT molecular complexity index is 209. The third-order valence-corrected chi connectivity index (χ3v) is 2.54. The summed E-state index contributed by atoms with van der Waals surface area (Å²) in [6, 6.07) is 2.33. The average molecular weight is 198 g/mol. The van der Waals surface area contributed by atoms with Crippen molar-refractivity contribution in [2.45, 2.75) is 19.4 Å². The molecule has 1 aliphatic rings. The molecule has 1 fully saturated rings. The fourth-order valence-corrected chi connectivity index (χ4v) is 1.55. The number of hydrogen-bond acceptors (Lipinski definition) is 4. The Labute approximate surface area is 85.4 Å². The third-order valence-electron chi connectivity index (χ3n) is 2.54. The second-order valence-corrected chi connectivity index (χ2v) is 3.62. The molecule has 1 saturated heterocycles. The zero-order valence-electron chi connectivity index (χ0n) is 8.95. The Morgan fingerprint density at radius 3 is 2.64 bits per heavy atom. The van der Waals surface area contributed by atoms with Gasteiger partial charge in [-0.2, -0.15) is 5.26 Å². The lowest BCUT2D eigenvalue weighted by Crippen LogP contribution is -2.53. The quantitative estimate of drug-likeness (QED) is 0.665. The molecule has 0 radical (unpaired) electrons. The maximum atomic E-state index is 9.15. The molecule has 0 aromatic heterocycles. The van der Waals surface area contributed by atoms with E-state index in [1.807, 2.05) is 13.8 Å². The van der Waals surface area contributed by atoms with E-state index in [9.17, 15) is 0 Å². The van der Waals surface area contributed by atoms with Crippen molar-refractivity contribution in [3.05, 3.63) is 0 Å². The van der Waals surface area contributed by atoms with Gasteiger partial charge in [0.25, 0.3) is 0 Å². The smallest absolute Gasteiger partial charge is 0.130 e. The largest absolute Gasteiger partial charge is 0.379 e. The van der Waals surface area contributed by atoms with E-state index in [4.69, 9.17) is 14.7 Å². The molecule has 1 unspecified atom stereocenters. The Morgan fingerprint density at radius 1 is 1.50 bits per heavy atom. The number of rotatable bonds is 4. The van der Waals surface area contributed by atoms with E-state index >= 15 is 0 Å². The van der Waals surface area contributed by atoms with E-state index in [0.717, 1.165) is 13.1 Å². The molecule has 1 atom stereocenters. The highest BCUT2D eigenvalue weighted by Gasteiger charge is 2.33. The first-order valence-corrected chi connectivity index (χ1v) is 5.05. The second-order valence-electron chi connectivity index (χ2n) is 3.62. The molecule has 4 nitrogen and oxygen atoms in total. The van der Waals surface area contributed by atoms with Crippen molar-refractivity contribution in [1.29, 1.82) is 5.26 Å². The number of nitriles is 1. The first-order chi connectivity index (χ1) is 6.73.